The fourth-order valence-corrected chi connectivity index (χ4v) is 5.14. The summed E-state index contributed by atoms with van der Waals surface area (Å²) in [5.41, 5.74) is 0.552. The van der Waals surface area contributed by atoms with Crippen LogP contribution in [0.3, 0.4) is 0 Å². The maximum absolute atomic E-state index is 12.4. The predicted octanol–water partition coefficient (Wildman–Crippen LogP) is 3.02. The molecule has 0 radical (unpaired) electrons. The molecule has 1 heterocycles. The van der Waals surface area contributed by atoms with Crippen molar-refractivity contribution in [2.75, 3.05) is 18.8 Å². The number of piperidine rings is 1. The lowest BCUT2D eigenvalue weighted by molar-refractivity contribution is 0.0725. The minimum Gasteiger partial charge on any atom is -0.339 e. The summed E-state index contributed by atoms with van der Waals surface area (Å²) in [5, 5.41) is 0.207. The van der Waals surface area contributed by atoms with Crippen molar-refractivity contribution >= 4 is 27.3 Å². The van der Waals surface area contributed by atoms with Crippen molar-refractivity contribution in [1.82, 2.24) is 4.90 Å². The lowest BCUT2D eigenvalue weighted by Crippen LogP contribution is -2.43. The van der Waals surface area contributed by atoms with Gasteiger partial charge in [0.25, 0.3) is 5.91 Å². The third kappa shape index (κ3) is 4.23. The number of hydrogen-bond acceptors (Lipinski definition) is 3. The van der Waals surface area contributed by atoms with Crippen LogP contribution in [-0.4, -0.2) is 43.3 Å². The highest BCUT2D eigenvalue weighted by Crippen LogP contribution is 2.22. The van der Waals surface area contributed by atoms with Gasteiger partial charge in [0.15, 0.2) is 9.84 Å². The second-order valence-electron chi connectivity index (χ2n) is 6.23. The Morgan fingerprint density at radius 1 is 1.32 bits per heavy atom. The highest BCUT2D eigenvalue weighted by atomic mass is 35.5. The fourth-order valence-electron chi connectivity index (χ4n) is 2.82. The lowest BCUT2D eigenvalue weighted by Gasteiger charge is -2.32. The minimum absolute atomic E-state index is 0.0813. The molecule has 4 nitrogen and oxygen atoms in total. The zero-order valence-corrected chi connectivity index (χ0v) is 14.5. The number of hydrogen-bond donors (Lipinski definition) is 0. The van der Waals surface area contributed by atoms with Crippen molar-refractivity contribution in [2.24, 2.45) is 5.92 Å². The maximum Gasteiger partial charge on any atom is 0.253 e. The summed E-state index contributed by atoms with van der Waals surface area (Å²) in [4.78, 5) is 14.1. The standard InChI is InChI=1S/C16H22ClNO3S/c1-12(2)11-22(20,21)15-6-8-18(9-7-15)16(19)13-4-3-5-14(17)10-13/h3-5,10,12,15H,6-9,11H2,1-2H3. The molecule has 0 unspecified atom stereocenters. The SMILES string of the molecule is CC(C)CS(=O)(=O)C1CCN(C(=O)c2cccc(Cl)c2)CC1. The number of halogens is 1. The molecule has 1 aromatic carbocycles. The smallest absolute Gasteiger partial charge is 0.253 e. The van der Waals surface area contributed by atoms with E-state index in [9.17, 15) is 13.2 Å². The molecule has 6 heteroatoms. The van der Waals surface area contributed by atoms with Crippen molar-refractivity contribution in [3.8, 4) is 0 Å². The summed E-state index contributed by atoms with van der Waals surface area (Å²) in [6, 6.07) is 6.85. The first kappa shape index (κ1) is 17.3. The summed E-state index contributed by atoms with van der Waals surface area (Å²) < 4.78 is 24.5. The summed E-state index contributed by atoms with van der Waals surface area (Å²) >= 11 is 5.91. The van der Waals surface area contributed by atoms with Crippen LogP contribution in [-0.2, 0) is 9.84 Å². The van der Waals surface area contributed by atoms with Crippen LogP contribution >= 0.6 is 11.6 Å². The molecule has 22 heavy (non-hydrogen) atoms. The predicted molar refractivity (Wildman–Crippen MR) is 89.0 cm³/mol. The molecule has 1 fully saturated rings. The Hall–Kier alpha value is -1.07. The number of benzene rings is 1. The quantitative estimate of drug-likeness (QED) is 0.844. The van der Waals surface area contributed by atoms with Gasteiger partial charge in [-0.05, 0) is 37.0 Å². The molecule has 0 N–H and O–H groups in total. The number of sulfone groups is 1. The third-order valence-electron chi connectivity index (χ3n) is 3.87. The van der Waals surface area contributed by atoms with Crippen molar-refractivity contribution in [3.63, 3.8) is 0 Å². The second kappa shape index (κ2) is 7.01. The van der Waals surface area contributed by atoms with Crippen LogP contribution in [0.1, 0.15) is 37.0 Å². The zero-order valence-electron chi connectivity index (χ0n) is 13.0. The largest absolute Gasteiger partial charge is 0.339 e. The van der Waals surface area contributed by atoms with Gasteiger partial charge in [-0.2, -0.15) is 0 Å². The minimum atomic E-state index is -3.06. The highest BCUT2D eigenvalue weighted by Gasteiger charge is 2.32. The van der Waals surface area contributed by atoms with Crippen LogP contribution in [0.15, 0.2) is 24.3 Å². The van der Waals surface area contributed by atoms with Crippen molar-refractivity contribution in [3.05, 3.63) is 34.9 Å². The average molecular weight is 344 g/mol. The molecule has 1 amide bonds. The van der Waals surface area contributed by atoms with Gasteiger partial charge in [0, 0.05) is 23.7 Å². The normalized spacial score (nSPS) is 17.0. The Morgan fingerprint density at radius 2 is 1.95 bits per heavy atom. The van der Waals surface area contributed by atoms with Crippen molar-refractivity contribution < 1.29 is 13.2 Å². The van der Waals surface area contributed by atoms with Gasteiger partial charge in [-0.15, -0.1) is 0 Å². The average Bonchev–Trinajstić information content (AvgIpc) is 2.45. The van der Waals surface area contributed by atoms with E-state index in [0.717, 1.165) is 0 Å². The van der Waals surface area contributed by atoms with Crippen LogP contribution in [0.5, 0.6) is 0 Å². The van der Waals surface area contributed by atoms with E-state index >= 15 is 0 Å². The number of likely N-dealkylation sites (tertiary alicyclic amines) is 1. The Balaban J connectivity index is 1.99. The second-order valence-corrected chi connectivity index (χ2v) is 8.99. The van der Waals surface area contributed by atoms with E-state index in [2.05, 4.69) is 0 Å². The molecule has 1 aliphatic rings. The molecular formula is C16H22ClNO3S. The lowest BCUT2D eigenvalue weighted by atomic mass is 10.1. The fraction of sp³-hybridized carbons (Fsp3) is 0.562. The van der Waals surface area contributed by atoms with Gasteiger partial charge in [-0.3, -0.25) is 4.79 Å². The van der Waals surface area contributed by atoms with Gasteiger partial charge >= 0.3 is 0 Å². The Morgan fingerprint density at radius 3 is 2.50 bits per heavy atom. The van der Waals surface area contributed by atoms with Gasteiger partial charge in [-0.1, -0.05) is 31.5 Å². The molecule has 0 bridgehead atoms. The van der Waals surface area contributed by atoms with Crippen LogP contribution in [0, 0.1) is 5.92 Å². The van der Waals surface area contributed by atoms with Crippen LogP contribution < -0.4 is 0 Å². The van der Waals surface area contributed by atoms with Crippen LogP contribution in [0.4, 0.5) is 0 Å². The van der Waals surface area contributed by atoms with Gasteiger partial charge in [0.05, 0.1) is 11.0 Å². The van der Waals surface area contributed by atoms with Gasteiger partial charge in [-0.25, -0.2) is 8.42 Å². The molecule has 0 saturated carbocycles. The number of carbonyl (C=O) groups is 1. The van der Waals surface area contributed by atoms with Gasteiger partial charge < -0.3 is 4.90 Å². The first-order chi connectivity index (χ1) is 10.3. The zero-order chi connectivity index (χ0) is 16.3. The molecule has 0 aromatic heterocycles. The Kier molecular flexibility index (Phi) is 5.50. The maximum atomic E-state index is 12.4. The molecule has 2 rings (SSSR count). The molecule has 0 aliphatic carbocycles. The van der Waals surface area contributed by atoms with Crippen molar-refractivity contribution in [2.45, 2.75) is 31.9 Å². The van der Waals surface area contributed by atoms with E-state index < -0.39 is 9.84 Å². The Labute approximate surface area is 137 Å². The Bertz CT molecular complexity index is 635. The topological polar surface area (TPSA) is 54.5 Å². The van der Waals surface area contributed by atoms with Crippen LogP contribution in [0.2, 0.25) is 5.02 Å². The molecule has 1 saturated heterocycles. The van der Waals surface area contributed by atoms with E-state index in [-0.39, 0.29) is 22.8 Å². The van der Waals surface area contributed by atoms with Crippen molar-refractivity contribution in [1.29, 1.82) is 0 Å². The number of amides is 1. The van der Waals surface area contributed by atoms with E-state index in [0.29, 0.717) is 36.5 Å². The van der Waals surface area contributed by atoms with E-state index in [1.54, 1.807) is 29.2 Å². The summed E-state index contributed by atoms with van der Waals surface area (Å²) in [5.74, 6) is 0.276. The third-order valence-corrected chi connectivity index (χ3v) is 6.73. The van der Waals surface area contributed by atoms with E-state index in [4.69, 9.17) is 11.6 Å². The number of nitrogens with zero attached hydrogens (tertiary/aromatic N) is 1. The summed E-state index contributed by atoms with van der Waals surface area (Å²) in [7, 11) is -3.06. The molecule has 1 aromatic rings. The first-order valence-electron chi connectivity index (χ1n) is 7.56. The molecule has 0 spiro atoms. The summed E-state index contributed by atoms with van der Waals surface area (Å²) in [6.07, 6.45) is 1.03. The summed E-state index contributed by atoms with van der Waals surface area (Å²) in [6.45, 7) is 4.78. The van der Waals surface area contributed by atoms with Crippen LogP contribution in [0.25, 0.3) is 0 Å². The number of carbonyl (C=O) groups excluding carboxylic acids is 1. The monoisotopic (exact) mass is 343 g/mol. The first-order valence-corrected chi connectivity index (χ1v) is 9.65. The van der Waals surface area contributed by atoms with Gasteiger partial charge in [0.1, 0.15) is 0 Å². The molecule has 1 aliphatic heterocycles. The van der Waals surface area contributed by atoms with E-state index in [1.165, 1.54) is 0 Å². The molecule has 0 atom stereocenters. The molecule has 122 valence electrons. The number of rotatable bonds is 4. The highest BCUT2D eigenvalue weighted by molar-refractivity contribution is 7.92. The molecular weight excluding hydrogens is 322 g/mol. The van der Waals surface area contributed by atoms with Gasteiger partial charge in [0.2, 0.25) is 0 Å². The van der Waals surface area contributed by atoms with E-state index in [1.807, 2.05) is 13.8 Å².